The number of aromatic nitrogens is 4. The zero-order valence-electron chi connectivity index (χ0n) is 16.5. The van der Waals surface area contributed by atoms with E-state index in [4.69, 9.17) is 0 Å². The first-order valence-electron chi connectivity index (χ1n) is 10.3. The number of rotatable bonds is 5. The largest absolute Gasteiger partial charge is 0.337 e. The molecule has 0 spiro atoms. The van der Waals surface area contributed by atoms with Gasteiger partial charge in [0.2, 0.25) is 0 Å². The summed E-state index contributed by atoms with van der Waals surface area (Å²) >= 11 is 0. The fourth-order valence-electron chi connectivity index (χ4n) is 4.27. The van der Waals surface area contributed by atoms with E-state index in [0.717, 1.165) is 76.5 Å². The number of fused-ring (bicyclic) bond motifs is 1. The van der Waals surface area contributed by atoms with Crippen molar-refractivity contribution in [2.24, 2.45) is 0 Å². The van der Waals surface area contributed by atoms with E-state index in [-0.39, 0.29) is 5.91 Å². The molecule has 2 aliphatic rings. The summed E-state index contributed by atoms with van der Waals surface area (Å²) in [7, 11) is 0. The number of amides is 1. The van der Waals surface area contributed by atoms with Gasteiger partial charge in [-0.1, -0.05) is 6.92 Å². The minimum atomic E-state index is 0.0960. The highest BCUT2D eigenvalue weighted by Gasteiger charge is 2.26. The van der Waals surface area contributed by atoms with E-state index in [1.807, 2.05) is 21.8 Å². The molecule has 1 atom stereocenters. The second-order valence-corrected chi connectivity index (χ2v) is 7.77. The van der Waals surface area contributed by atoms with E-state index in [2.05, 4.69) is 39.6 Å². The molecule has 146 valence electrons. The van der Waals surface area contributed by atoms with Crippen LogP contribution >= 0.6 is 0 Å². The lowest BCUT2D eigenvalue weighted by atomic mass is 10.2. The molecule has 0 unspecified atom stereocenters. The van der Waals surface area contributed by atoms with Gasteiger partial charge in [0.15, 0.2) is 5.69 Å². The molecule has 0 aromatic carbocycles. The number of hydrogen-bond acceptors (Lipinski definition) is 4. The summed E-state index contributed by atoms with van der Waals surface area (Å²) in [5.74, 6) is 1.24. The van der Waals surface area contributed by atoms with E-state index in [1.54, 1.807) is 0 Å². The molecular formula is C20H30N6O. The first-order chi connectivity index (χ1) is 13.2. The van der Waals surface area contributed by atoms with Crippen LogP contribution in [0.2, 0.25) is 0 Å². The molecule has 1 amide bonds. The van der Waals surface area contributed by atoms with Gasteiger partial charge in [0.25, 0.3) is 5.91 Å². The molecule has 4 rings (SSSR count). The van der Waals surface area contributed by atoms with Crippen LogP contribution in [-0.4, -0.2) is 60.7 Å². The van der Waals surface area contributed by atoms with Gasteiger partial charge < -0.3 is 9.47 Å². The topological polar surface area (TPSA) is 59.2 Å². The van der Waals surface area contributed by atoms with Crippen LogP contribution in [0.15, 0.2) is 18.5 Å². The number of imidazole rings is 1. The fraction of sp³-hybridized carbons (Fsp3) is 0.650. The van der Waals surface area contributed by atoms with Gasteiger partial charge in [-0.25, -0.2) is 4.98 Å². The summed E-state index contributed by atoms with van der Waals surface area (Å²) in [5.41, 5.74) is 1.77. The van der Waals surface area contributed by atoms with Crippen molar-refractivity contribution in [3.8, 4) is 0 Å². The Balaban J connectivity index is 1.46. The van der Waals surface area contributed by atoms with Crippen LogP contribution in [0.5, 0.6) is 0 Å². The first kappa shape index (κ1) is 18.2. The Labute approximate surface area is 161 Å². The van der Waals surface area contributed by atoms with Crippen LogP contribution in [0.25, 0.3) is 0 Å². The molecule has 7 heteroatoms. The van der Waals surface area contributed by atoms with Gasteiger partial charge in [-0.15, -0.1) is 0 Å². The lowest BCUT2D eigenvalue weighted by Gasteiger charge is -2.28. The lowest BCUT2D eigenvalue weighted by molar-refractivity contribution is 0.0786. The normalized spacial score (nSPS) is 19.1. The standard InChI is InChI=1S/C20H30N6O/c1-3-19-21-7-12-25(19)14-16(2)24-10-6-11-26-17(15-24)13-18(22-26)20(27)23-8-4-5-9-23/h7,12-13,16H,3-6,8-11,14-15H2,1-2H3/t16-/m0/s1. The van der Waals surface area contributed by atoms with E-state index in [1.165, 1.54) is 0 Å². The summed E-state index contributed by atoms with van der Waals surface area (Å²) < 4.78 is 4.31. The van der Waals surface area contributed by atoms with Gasteiger partial charge in [-0.05, 0) is 32.3 Å². The molecule has 2 aromatic rings. The third kappa shape index (κ3) is 3.78. The number of carbonyl (C=O) groups is 1. The summed E-state index contributed by atoms with van der Waals surface area (Å²) in [4.78, 5) is 21.6. The quantitative estimate of drug-likeness (QED) is 0.809. The average molecular weight is 371 g/mol. The molecule has 0 N–H and O–H groups in total. The van der Waals surface area contributed by atoms with E-state index < -0.39 is 0 Å². The van der Waals surface area contributed by atoms with Crippen LogP contribution in [0.4, 0.5) is 0 Å². The summed E-state index contributed by atoms with van der Waals surface area (Å²) in [6, 6.07) is 2.42. The molecule has 0 aliphatic carbocycles. The monoisotopic (exact) mass is 370 g/mol. The summed E-state index contributed by atoms with van der Waals surface area (Å²) in [5, 5.41) is 4.64. The first-order valence-corrected chi connectivity index (χ1v) is 10.3. The summed E-state index contributed by atoms with van der Waals surface area (Å²) in [6.07, 6.45) is 8.19. The maximum Gasteiger partial charge on any atom is 0.274 e. The Kier molecular flexibility index (Phi) is 5.29. The van der Waals surface area contributed by atoms with Gasteiger partial charge >= 0.3 is 0 Å². The Morgan fingerprint density at radius 2 is 2.00 bits per heavy atom. The molecule has 27 heavy (non-hydrogen) atoms. The Hall–Kier alpha value is -2.15. The van der Waals surface area contributed by atoms with Crippen molar-refractivity contribution in [2.75, 3.05) is 19.6 Å². The van der Waals surface area contributed by atoms with Crippen LogP contribution in [0.3, 0.4) is 0 Å². The van der Waals surface area contributed by atoms with Gasteiger partial charge in [-0.2, -0.15) is 5.10 Å². The van der Waals surface area contributed by atoms with Crippen LogP contribution < -0.4 is 0 Å². The van der Waals surface area contributed by atoms with Crippen molar-refractivity contribution in [2.45, 2.75) is 65.2 Å². The molecule has 4 heterocycles. The number of carbonyl (C=O) groups excluding carboxylic acids is 1. The van der Waals surface area contributed by atoms with Crippen molar-refractivity contribution < 1.29 is 4.79 Å². The maximum atomic E-state index is 12.7. The van der Waals surface area contributed by atoms with Crippen molar-refractivity contribution in [3.05, 3.63) is 35.7 Å². The molecule has 2 aromatic heterocycles. The highest BCUT2D eigenvalue weighted by molar-refractivity contribution is 5.92. The van der Waals surface area contributed by atoms with Crippen LogP contribution in [0.1, 0.15) is 55.1 Å². The smallest absolute Gasteiger partial charge is 0.274 e. The number of aryl methyl sites for hydroxylation is 2. The minimum absolute atomic E-state index is 0.0960. The third-order valence-corrected chi connectivity index (χ3v) is 5.86. The molecule has 7 nitrogen and oxygen atoms in total. The van der Waals surface area contributed by atoms with E-state index >= 15 is 0 Å². The van der Waals surface area contributed by atoms with Crippen molar-refractivity contribution in [1.29, 1.82) is 0 Å². The zero-order valence-corrected chi connectivity index (χ0v) is 16.5. The summed E-state index contributed by atoms with van der Waals surface area (Å²) in [6.45, 7) is 9.89. The number of likely N-dealkylation sites (tertiary alicyclic amines) is 1. The number of nitrogens with zero attached hydrogens (tertiary/aromatic N) is 6. The second-order valence-electron chi connectivity index (χ2n) is 7.77. The Morgan fingerprint density at radius 1 is 1.19 bits per heavy atom. The van der Waals surface area contributed by atoms with Gasteiger partial charge in [0.1, 0.15) is 5.82 Å². The SMILES string of the molecule is CCc1nccn1C[C@H](C)N1CCCn2nc(C(=O)N3CCCC3)cc2C1. The molecule has 1 fully saturated rings. The lowest BCUT2D eigenvalue weighted by Crippen LogP contribution is -2.36. The Morgan fingerprint density at radius 3 is 2.78 bits per heavy atom. The zero-order chi connectivity index (χ0) is 18.8. The van der Waals surface area contributed by atoms with Crippen LogP contribution in [0, 0.1) is 0 Å². The van der Waals surface area contributed by atoms with E-state index in [0.29, 0.717) is 11.7 Å². The van der Waals surface area contributed by atoms with Gasteiger partial charge in [-0.3, -0.25) is 14.4 Å². The fourth-order valence-corrected chi connectivity index (χ4v) is 4.27. The van der Waals surface area contributed by atoms with Crippen molar-refractivity contribution in [3.63, 3.8) is 0 Å². The number of hydrogen-bond donors (Lipinski definition) is 0. The Bertz CT molecular complexity index is 788. The molecule has 0 saturated carbocycles. The van der Waals surface area contributed by atoms with E-state index in [9.17, 15) is 4.79 Å². The third-order valence-electron chi connectivity index (χ3n) is 5.86. The minimum Gasteiger partial charge on any atom is -0.337 e. The predicted octanol–water partition coefficient (Wildman–Crippen LogP) is 2.17. The van der Waals surface area contributed by atoms with Gasteiger partial charge in [0.05, 0.1) is 5.69 Å². The van der Waals surface area contributed by atoms with Crippen molar-refractivity contribution >= 4 is 5.91 Å². The predicted molar refractivity (Wildman–Crippen MR) is 103 cm³/mol. The second kappa shape index (κ2) is 7.84. The molecule has 2 aliphatic heterocycles. The van der Waals surface area contributed by atoms with Gasteiger partial charge in [0, 0.05) is 64.1 Å². The molecular weight excluding hydrogens is 340 g/mol. The molecule has 1 saturated heterocycles. The molecule has 0 bridgehead atoms. The maximum absolute atomic E-state index is 12.7. The average Bonchev–Trinajstić information content (AvgIpc) is 3.40. The van der Waals surface area contributed by atoms with Crippen LogP contribution in [-0.2, 0) is 26.1 Å². The highest BCUT2D eigenvalue weighted by Crippen LogP contribution is 2.19. The molecule has 0 radical (unpaired) electrons. The van der Waals surface area contributed by atoms with Crippen molar-refractivity contribution in [1.82, 2.24) is 29.1 Å². The highest BCUT2D eigenvalue weighted by atomic mass is 16.2.